The van der Waals surface area contributed by atoms with Gasteiger partial charge in [0.25, 0.3) is 5.89 Å². The maximum Gasteiger partial charge on any atom is 0.257 e. The van der Waals surface area contributed by atoms with E-state index in [1.54, 1.807) is 19.1 Å². The molecule has 1 aromatic heterocycles. The second-order valence-electron chi connectivity index (χ2n) is 5.58. The summed E-state index contributed by atoms with van der Waals surface area (Å²) >= 11 is 0. The summed E-state index contributed by atoms with van der Waals surface area (Å²) in [6.07, 6.45) is -0.129. The topological polar surface area (TPSA) is 51.4 Å². The first kappa shape index (κ1) is 14.2. The number of hydrogen-bond donors (Lipinski definition) is 0. The summed E-state index contributed by atoms with van der Waals surface area (Å²) in [7, 11) is 2.03. The minimum absolute atomic E-state index is 0.112. The van der Waals surface area contributed by atoms with Crippen LogP contribution in [0, 0.1) is 12.7 Å². The Morgan fingerprint density at radius 1 is 1.33 bits per heavy atom. The van der Waals surface area contributed by atoms with Crippen molar-refractivity contribution in [2.24, 2.45) is 0 Å². The number of halogens is 1. The third-order valence-electron chi connectivity index (χ3n) is 3.59. The zero-order valence-electron chi connectivity index (χ0n) is 12.3. The van der Waals surface area contributed by atoms with Crippen molar-refractivity contribution in [2.75, 3.05) is 20.1 Å². The van der Waals surface area contributed by atoms with Gasteiger partial charge in [0.15, 0.2) is 0 Å². The van der Waals surface area contributed by atoms with Gasteiger partial charge in [-0.3, -0.25) is 0 Å². The number of rotatable bonds is 2. The highest BCUT2D eigenvalue weighted by molar-refractivity contribution is 5.54. The summed E-state index contributed by atoms with van der Waals surface area (Å²) in [6, 6.07) is 4.90. The Hall–Kier alpha value is -1.79. The number of morpholine rings is 1. The van der Waals surface area contributed by atoms with Crippen LogP contribution in [-0.4, -0.2) is 41.3 Å². The predicted octanol–water partition coefficient (Wildman–Crippen LogP) is 2.58. The number of aryl methyl sites for hydroxylation is 1. The maximum absolute atomic E-state index is 13.6. The lowest BCUT2D eigenvalue weighted by atomic mass is 10.1. The van der Waals surface area contributed by atoms with Crippen LogP contribution in [0.15, 0.2) is 22.7 Å². The van der Waals surface area contributed by atoms with Crippen LogP contribution in [0.5, 0.6) is 0 Å². The van der Waals surface area contributed by atoms with E-state index < -0.39 is 0 Å². The fourth-order valence-corrected chi connectivity index (χ4v) is 2.51. The number of hydrogen-bond acceptors (Lipinski definition) is 5. The van der Waals surface area contributed by atoms with Crippen LogP contribution in [0.1, 0.15) is 24.5 Å². The summed E-state index contributed by atoms with van der Waals surface area (Å²) in [4.78, 5) is 6.51. The van der Waals surface area contributed by atoms with Crippen molar-refractivity contribution in [3.63, 3.8) is 0 Å². The molecule has 1 aliphatic rings. The minimum atomic E-state index is -0.277. The van der Waals surface area contributed by atoms with Crippen LogP contribution >= 0.6 is 0 Å². The third-order valence-corrected chi connectivity index (χ3v) is 3.59. The van der Waals surface area contributed by atoms with Crippen molar-refractivity contribution in [2.45, 2.75) is 26.1 Å². The summed E-state index contributed by atoms with van der Waals surface area (Å²) in [5.74, 6) is 0.541. The van der Waals surface area contributed by atoms with Gasteiger partial charge < -0.3 is 14.2 Å². The molecule has 0 spiro atoms. The first-order chi connectivity index (χ1) is 10.0. The predicted molar refractivity (Wildman–Crippen MR) is 75.2 cm³/mol. The van der Waals surface area contributed by atoms with Gasteiger partial charge in [0, 0.05) is 18.7 Å². The van der Waals surface area contributed by atoms with Crippen LogP contribution in [-0.2, 0) is 4.74 Å². The smallest absolute Gasteiger partial charge is 0.257 e. The standard InChI is InChI=1S/C15H18FN3O2/c1-9-4-5-11(6-12(9)16)14-17-15(21-18-14)13-8-19(3)7-10(2)20-13/h4-6,10,13H,7-8H2,1-3H3. The van der Waals surface area contributed by atoms with Crippen LogP contribution in [0.25, 0.3) is 11.4 Å². The van der Waals surface area contributed by atoms with E-state index in [0.717, 1.165) is 6.54 Å². The molecule has 2 aromatic rings. The van der Waals surface area contributed by atoms with Gasteiger partial charge in [0.05, 0.1) is 6.10 Å². The van der Waals surface area contributed by atoms with Gasteiger partial charge in [-0.2, -0.15) is 4.98 Å². The Labute approximate surface area is 122 Å². The number of benzene rings is 1. The molecule has 2 atom stereocenters. The van der Waals surface area contributed by atoms with E-state index in [-0.39, 0.29) is 18.0 Å². The lowest BCUT2D eigenvalue weighted by Gasteiger charge is -2.32. The molecular formula is C15H18FN3O2. The molecule has 1 saturated heterocycles. The lowest BCUT2D eigenvalue weighted by molar-refractivity contribution is -0.0838. The minimum Gasteiger partial charge on any atom is -0.363 e. The van der Waals surface area contributed by atoms with E-state index in [1.165, 1.54) is 6.07 Å². The Bertz CT molecular complexity index is 634. The average Bonchev–Trinajstić information content (AvgIpc) is 2.90. The Balaban J connectivity index is 1.84. The SMILES string of the molecule is Cc1ccc(-c2noc(C3CN(C)CC(C)O3)n2)cc1F. The molecule has 0 N–H and O–H groups in total. The highest BCUT2D eigenvalue weighted by Crippen LogP contribution is 2.26. The third kappa shape index (κ3) is 2.96. The van der Waals surface area contributed by atoms with Crippen LogP contribution in [0.2, 0.25) is 0 Å². The van der Waals surface area contributed by atoms with Crippen molar-refractivity contribution in [1.82, 2.24) is 15.0 Å². The molecule has 2 unspecified atom stereocenters. The first-order valence-electron chi connectivity index (χ1n) is 6.97. The molecule has 1 fully saturated rings. The van der Waals surface area contributed by atoms with Gasteiger partial charge in [-0.25, -0.2) is 4.39 Å². The molecule has 21 heavy (non-hydrogen) atoms. The Morgan fingerprint density at radius 3 is 2.86 bits per heavy atom. The van der Waals surface area contributed by atoms with Gasteiger partial charge in [-0.05, 0) is 32.5 Å². The second-order valence-corrected chi connectivity index (χ2v) is 5.58. The summed E-state index contributed by atoms with van der Waals surface area (Å²) in [5, 5.41) is 3.93. The van der Waals surface area contributed by atoms with Gasteiger partial charge in [0.1, 0.15) is 11.9 Å². The zero-order chi connectivity index (χ0) is 15.0. The van der Waals surface area contributed by atoms with Crippen molar-refractivity contribution in [1.29, 1.82) is 0 Å². The molecule has 1 aromatic carbocycles. The summed E-state index contributed by atoms with van der Waals surface area (Å²) < 4.78 is 24.7. The van der Waals surface area contributed by atoms with E-state index in [0.29, 0.717) is 29.4 Å². The molecule has 2 heterocycles. The van der Waals surface area contributed by atoms with Crippen molar-refractivity contribution < 1.29 is 13.7 Å². The van der Waals surface area contributed by atoms with Crippen LogP contribution < -0.4 is 0 Å². The van der Waals surface area contributed by atoms with Crippen molar-refractivity contribution in [3.05, 3.63) is 35.5 Å². The number of likely N-dealkylation sites (N-methyl/N-ethyl adjacent to an activating group) is 1. The van der Waals surface area contributed by atoms with Crippen LogP contribution in [0.4, 0.5) is 4.39 Å². The highest BCUT2D eigenvalue weighted by Gasteiger charge is 2.28. The largest absolute Gasteiger partial charge is 0.363 e. The average molecular weight is 291 g/mol. The molecule has 1 aliphatic heterocycles. The Kier molecular flexibility index (Phi) is 3.73. The summed E-state index contributed by atoms with van der Waals surface area (Å²) in [6.45, 7) is 5.30. The molecule has 0 saturated carbocycles. The quantitative estimate of drug-likeness (QED) is 0.851. The number of nitrogens with zero attached hydrogens (tertiary/aromatic N) is 3. The molecule has 0 amide bonds. The van der Waals surface area contributed by atoms with E-state index in [4.69, 9.17) is 9.26 Å². The van der Waals surface area contributed by atoms with E-state index >= 15 is 0 Å². The van der Waals surface area contributed by atoms with Gasteiger partial charge in [-0.15, -0.1) is 0 Å². The number of aromatic nitrogens is 2. The van der Waals surface area contributed by atoms with Gasteiger partial charge >= 0.3 is 0 Å². The van der Waals surface area contributed by atoms with Crippen LogP contribution in [0.3, 0.4) is 0 Å². The van der Waals surface area contributed by atoms with E-state index in [2.05, 4.69) is 15.0 Å². The van der Waals surface area contributed by atoms with Gasteiger partial charge in [0.2, 0.25) is 5.82 Å². The molecule has 0 radical (unpaired) electrons. The zero-order valence-corrected chi connectivity index (χ0v) is 12.3. The van der Waals surface area contributed by atoms with Gasteiger partial charge in [-0.1, -0.05) is 17.3 Å². The molecule has 5 nitrogen and oxygen atoms in total. The maximum atomic E-state index is 13.6. The number of ether oxygens (including phenoxy) is 1. The van der Waals surface area contributed by atoms with Crippen molar-refractivity contribution in [3.8, 4) is 11.4 Å². The monoisotopic (exact) mass is 291 g/mol. The fraction of sp³-hybridized carbons (Fsp3) is 0.467. The molecule has 0 bridgehead atoms. The fourth-order valence-electron chi connectivity index (χ4n) is 2.51. The summed E-state index contributed by atoms with van der Waals surface area (Å²) in [5.41, 5.74) is 1.19. The van der Waals surface area contributed by atoms with E-state index in [9.17, 15) is 4.39 Å². The molecule has 112 valence electrons. The lowest BCUT2D eigenvalue weighted by Crippen LogP contribution is -2.40. The molecule has 3 rings (SSSR count). The highest BCUT2D eigenvalue weighted by atomic mass is 19.1. The molecule has 0 aliphatic carbocycles. The molecular weight excluding hydrogens is 273 g/mol. The first-order valence-corrected chi connectivity index (χ1v) is 6.97. The van der Waals surface area contributed by atoms with Crippen molar-refractivity contribution >= 4 is 0 Å². The normalized spacial score (nSPS) is 23.4. The van der Waals surface area contributed by atoms with E-state index in [1.807, 2.05) is 14.0 Å². The molecule has 6 heteroatoms. The Morgan fingerprint density at radius 2 is 2.14 bits per heavy atom. The second kappa shape index (κ2) is 5.54.